The van der Waals surface area contributed by atoms with Crippen molar-refractivity contribution in [3.63, 3.8) is 0 Å². The van der Waals surface area contributed by atoms with Gasteiger partial charge in [0.25, 0.3) is 0 Å². The molecule has 4 nitrogen and oxygen atoms in total. The number of para-hydroxylation sites is 1. The molecule has 4 heterocycles. The van der Waals surface area contributed by atoms with Gasteiger partial charge < -0.3 is 8.83 Å². The van der Waals surface area contributed by atoms with E-state index in [-0.39, 0.29) is 23.8 Å². The number of benzene rings is 11. The van der Waals surface area contributed by atoms with Crippen molar-refractivity contribution in [2.24, 2.45) is 15.9 Å². The maximum Gasteiger partial charge on any atom is 0.155 e. The molecule has 2 aliphatic rings. The van der Waals surface area contributed by atoms with E-state index in [4.69, 9.17) is 18.8 Å². The van der Waals surface area contributed by atoms with Crippen LogP contribution in [0.4, 0.5) is 0 Å². The third-order valence-electron chi connectivity index (χ3n) is 17.7. The zero-order valence-corrected chi connectivity index (χ0v) is 45.8. The molecule has 0 spiro atoms. The van der Waals surface area contributed by atoms with E-state index in [1.165, 1.54) is 81.4 Å². The topological polar surface area (TPSA) is 51.0 Å². The first-order valence-electron chi connectivity index (χ1n) is 28.4. The minimum atomic E-state index is -0.128. The summed E-state index contributed by atoms with van der Waals surface area (Å²) >= 11 is 1.90. The average Bonchev–Trinajstić information content (AvgIpc) is 4.19. The highest BCUT2D eigenvalue weighted by Gasteiger charge is 2.34. The summed E-state index contributed by atoms with van der Waals surface area (Å²) in [5, 5.41) is 6.97. The fourth-order valence-corrected chi connectivity index (χ4v) is 14.8. The minimum absolute atomic E-state index is 0.128. The summed E-state index contributed by atoms with van der Waals surface area (Å²) in [7, 11) is 0. The van der Waals surface area contributed by atoms with Crippen molar-refractivity contribution in [3.05, 3.63) is 276 Å². The van der Waals surface area contributed by atoms with Crippen LogP contribution in [0.25, 0.3) is 109 Å². The highest BCUT2D eigenvalue weighted by molar-refractivity contribution is 7.26. The third kappa shape index (κ3) is 7.93. The van der Waals surface area contributed by atoms with Gasteiger partial charge in [0.2, 0.25) is 0 Å². The van der Waals surface area contributed by atoms with Crippen LogP contribution in [0.1, 0.15) is 77.9 Å². The van der Waals surface area contributed by atoms with Gasteiger partial charge in [0.1, 0.15) is 22.3 Å². The molecule has 16 rings (SSSR count). The van der Waals surface area contributed by atoms with E-state index >= 15 is 0 Å². The Morgan fingerprint density at radius 1 is 0.432 bits per heavy atom. The molecule has 1 aliphatic heterocycles. The second kappa shape index (κ2) is 19.1. The minimum Gasteiger partial charge on any atom is -0.456 e. The van der Waals surface area contributed by atoms with Crippen molar-refractivity contribution < 1.29 is 8.83 Å². The van der Waals surface area contributed by atoms with Gasteiger partial charge in [-0.15, -0.1) is 11.3 Å². The van der Waals surface area contributed by atoms with Crippen molar-refractivity contribution in [1.82, 2.24) is 0 Å². The van der Waals surface area contributed by atoms with Crippen molar-refractivity contribution in [3.8, 4) is 44.5 Å². The maximum absolute atomic E-state index is 6.79. The van der Waals surface area contributed by atoms with Gasteiger partial charge in [-0.05, 0) is 140 Å². The molecule has 0 amide bonds. The Balaban J connectivity index is 0.814. The summed E-state index contributed by atoms with van der Waals surface area (Å²) in [5.41, 5.74) is 21.5. The van der Waals surface area contributed by atoms with Gasteiger partial charge in [-0.2, -0.15) is 0 Å². The number of fused-ring (bicyclic) bond motifs is 12. The van der Waals surface area contributed by atoms with E-state index in [2.05, 4.69) is 244 Å². The van der Waals surface area contributed by atoms with E-state index in [9.17, 15) is 0 Å². The fraction of sp³-hybridized carbons (Fsp3) is 0.105. The molecule has 5 heteroatoms. The monoisotopic (exact) mass is 1060 g/mol. The maximum atomic E-state index is 6.79. The van der Waals surface area contributed by atoms with Crippen LogP contribution in [-0.4, -0.2) is 11.5 Å². The number of amidine groups is 1. The Hall–Kier alpha value is -9.42. The largest absolute Gasteiger partial charge is 0.456 e. The highest BCUT2D eigenvalue weighted by atomic mass is 32.1. The summed E-state index contributed by atoms with van der Waals surface area (Å²) in [6, 6.07) is 88.5. The van der Waals surface area contributed by atoms with Crippen molar-refractivity contribution in [1.29, 1.82) is 0 Å². The lowest BCUT2D eigenvalue weighted by Gasteiger charge is -2.35. The summed E-state index contributed by atoms with van der Waals surface area (Å²) in [6.07, 6.45) is 1.66. The SMILES string of the molecule is CCC1CC(c2cccc3oc4ccc(-c5ccc6c(c5)-c5ccc(-c7cccc8c7sc7ccccc78)cc5C(c5ccccc5)C6C)cc4c23)=NC(c2ccc3c(c2)oc2ccccc23)=NC1c1ccc(-c2ccccc2)cc1. The van der Waals surface area contributed by atoms with Crippen molar-refractivity contribution >= 4 is 86.9 Å². The predicted molar refractivity (Wildman–Crippen MR) is 339 cm³/mol. The number of aliphatic imine (C=N–C) groups is 2. The molecular weight excluding hydrogens is 1000 g/mol. The van der Waals surface area contributed by atoms with Gasteiger partial charge in [-0.1, -0.05) is 208 Å². The molecule has 14 aromatic rings. The Kier molecular flexibility index (Phi) is 11.2. The van der Waals surface area contributed by atoms with Crippen LogP contribution in [0.15, 0.2) is 261 Å². The van der Waals surface area contributed by atoms with Gasteiger partial charge in [-0.25, -0.2) is 4.99 Å². The molecule has 11 aromatic carbocycles. The quantitative estimate of drug-likeness (QED) is 0.152. The molecule has 0 saturated heterocycles. The molecule has 0 fully saturated rings. The van der Waals surface area contributed by atoms with E-state index < -0.39 is 0 Å². The number of thiophene rings is 1. The normalized spacial score (nSPS) is 17.2. The molecule has 4 unspecified atom stereocenters. The van der Waals surface area contributed by atoms with E-state index in [1.807, 2.05) is 23.5 Å². The molecule has 3 aromatic heterocycles. The summed E-state index contributed by atoms with van der Waals surface area (Å²) in [5.74, 6) is 1.32. The molecule has 81 heavy (non-hydrogen) atoms. The first-order chi connectivity index (χ1) is 40.0. The van der Waals surface area contributed by atoms with E-state index in [0.717, 1.165) is 79.1 Å². The fourth-order valence-electron chi connectivity index (χ4n) is 13.6. The molecule has 0 radical (unpaired) electrons. The summed E-state index contributed by atoms with van der Waals surface area (Å²) in [6.45, 7) is 4.71. The second-order valence-corrected chi connectivity index (χ2v) is 23.2. The van der Waals surface area contributed by atoms with Gasteiger partial charge in [0, 0.05) is 58.8 Å². The Morgan fingerprint density at radius 3 is 1.95 bits per heavy atom. The zero-order valence-electron chi connectivity index (χ0n) is 44.9. The number of hydrogen-bond donors (Lipinski definition) is 0. The van der Waals surface area contributed by atoms with Crippen molar-refractivity contribution in [2.45, 2.75) is 44.6 Å². The van der Waals surface area contributed by atoms with E-state index in [1.54, 1.807) is 0 Å². The number of rotatable bonds is 8. The molecule has 4 atom stereocenters. The first-order valence-corrected chi connectivity index (χ1v) is 29.2. The van der Waals surface area contributed by atoms with Crippen molar-refractivity contribution in [2.75, 3.05) is 0 Å². The third-order valence-corrected chi connectivity index (χ3v) is 18.9. The number of hydrogen-bond acceptors (Lipinski definition) is 5. The van der Waals surface area contributed by atoms with Gasteiger partial charge in [-0.3, -0.25) is 4.99 Å². The Morgan fingerprint density at radius 2 is 1.09 bits per heavy atom. The molecule has 0 bridgehead atoms. The van der Waals surface area contributed by atoms with E-state index in [0.29, 0.717) is 5.84 Å². The highest BCUT2D eigenvalue weighted by Crippen LogP contribution is 2.52. The summed E-state index contributed by atoms with van der Waals surface area (Å²) in [4.78, 5) is 11.3. The van der Waals surface area contributed by atoms with Crippen LogP contribution in [0.5, 0.6) is 0 Å². The van der Waals surface area contributed by atoms with Crippen LogP contribution < -0.4 is 0 Å². The standard InChI is InChI=1S/C76H54N2O2S/c1-3-46-43-66(77-76(54-34-38-59-58-20-10-12-25-67(58)80-70(59)44-54)78-74(46)50-30-28-48(29-31-50)47-16-6-4-7-17-47)62-24-15-26-69-73(62)65-41-52(35-39-68(65)79-69)51-32-36-55-45(2)72(49-18-8-5-9-19-49)64-42-53(33-37-57(64)63(55)40-51)56-22-14-23-61-60-21-11-13-27-71(60)81-75(56)61/h4-42,44-46,72,74H,3,43H2,1-2H3. The van der Waals surface area contributed by atoms with Crippen LogP contribution >= 0.6 is 11.3 Å². The molecule has 386 valence electrons. The molecule has 1 aliphatic carbocycles. The first kappa shape index (κ1) is 47.6. The predicted octanol–water partition coefficient (Wildman–Crippen LogP) is 21.2. The lowest BCUT2D eigenvalue weighted by atomic mass is 9.69. The lowest BCUT2D eigenvalue weighted by molar-refractivity contribution is 0.437. The van der Waals surface area contributed by atoms with Crippen LogP contribution in [0, 0.1) is 5.92 Å². The average molecular weight is 1060 g/mol. The Labute approximate surface area is 474 Å². The summed E-state index contributed by atoms with van der Waals surface area (Å²) < 4.78 is 15.9. The molecule has 0 saturated carbocycles. The smallest absolute Gasteiger partial charge is 0.155 e. The second-order valence-electron chi connectivity index (χ2n) is 22.2. The lowest BCUT2D eigenvalue weighted by Crippen LogP contribution is -2.17. The van der Waals surface area contributed by atoms with Crippen LogP contribution in [0.2, 0.25) is 0 Å². The van der Waals surface area contributed by atoms with Crippen LogP contribution in [0.3, 0.4) is 0 Å². The van der Waals surface area contributed by atoms with Gasteiger partial charge in [0.15, 0.2) is 5.84 Å². The molecule has 0 N–H and O–H groups in total. The van der Waals surface area contributed by atoms with Gasteiger partial charge in [0.05, 0.1) is 11.8 Å². The number of nitrogens with zero attached hydrogens (tertiary/aromatic N) is 2. The molecular formula is C76H54N2O2S. The van der Waals surface area contributed by atoms with Crippen LogP contribution in [-0.2, 0) is 0 Å². The zero-order chi connectivity index (χ0) is 53.7. The van der Waals surface area contributed by atoms with Gasteiger partial charge >= 0.3 is 0 Å². The number of furan rings is 2. The Bertz CT molecular complexity index is 4870.